The molecule has 3 amide bonds. The number of nitrogens with one attached hydrogen (secondary N) is 1. The first-order chi connectivity index (χ1) is 38.2. The summed E-state index contributed by atoms with van der Waals surface area (Å²) < 4.78 is 47.8. The summed E-state index contributed by atoms with van der Waals surface area (Å²) in [4.78, 5) is 72.0. The number of esters is 3. The van der Waals surface area contributed by atoms with Crippen LogP contribution in [0.5, 0.6) is 46.0 Å². The molecule has 17 nitrogen and oxygen atoms in total. The van der Waals surface area contributed by atoms with E-state index in [-0.39, 0.29) is 32.7 Å². The van der Waals surface area contributed by atoms with Gasteiger partial charge >= 0.3 is 24.0 Å². The molecule has 0 heterocycles. The summed E-state index contributed by atoms with van der Waals surface area (Å²) in [7, 11) is 8.89. The summed E-state index contributed by atoms with van der Waals surface area (Å²) >= 11 is 0. The number of primary amides is 1. The standard InChI is InChI=1S/C35H31NO9.C27H27NO6.2CH4/c1-41-29-19-24(20-30(22-29)42-2)21-31(34(39)43-3)25-12-16-28(17-13-25)44-27-14-9-23(10-15-27)11-18-32(37)36-35(40)45-33(38)26-7-5-4-6-8-26;1-31-23-14-19(15-24(17-23)32-2)16-25(27(30)33-3)20-7-11-22(12-8-20)34-21-9-4-18(5-10-21)6-13-26(28)29;;/h4-10,12-17,19-22H,11,18H2,1-3H3,(H,36,37,40);4-5,7-12,14-17H,6,13H2,1-3H3,(H2,28,29);2*1H4/b31-21+;25-16+;;. The Morgan fingerprint density at radius 1 is 0.432 bits per heavy atom. The van der Waals surface area contributed by atoms with Gasteiger partial charge in [0.05, 0.1) is 59.4 Å². The topological polar surface area (TPSA) is 224 Å². The van der Waals surface area contributed by atoms with Crippen molar-refractivity contribution in [3.63, 3.8) is 0 Å². The SMILES string of the molecule is C.C.COC(=O)/C(=C/c1cc(OC)cc(OC)c1)c1ccc(Oc2ccc(CCC(=O)NC(=O)OC(=O)c3ccccc3)cc2)cc1.COC(=O)/C(=C/c1cc(OC)cc(OC)c1)c1ccc(Oc2ccc(CCC(N)=O)cc2)cc1. The number of alkyl carbamates (subject to hydrolysis) is 1. The van der Waals surface area contributed by atoms with E-state index in [9.17, 15) is 28.8 Å². The van der Waals surface area contributed by atoms with Crippen LogP contribution in [0.15, 0.2) is 164 Å². The Morgan fingerprint density at radius 2 is 0.790 bits per heavy atom. The number of imide groups is 1. The molecule has 422 valence electrons. The van der Waals surface area contributed by atoms with E-state index in [2.05, 4.69) is 10.1 Å². The number of hydrogen-bond donors (Lipinski definition) is 2. The van der Waals surface area contributed by atoms with Crippen LogP contribution in [0.2, 0.25) is 0 Å². The summed E-state index contributed by atoms with van der Waals surface area (Å²) in [5.41, 5.74) is 10.7. The quantitative estimate of drug-likeness (QED) is 0.0224. The summed E-state index contributed by atoms with van der Waals surface area (Å²) in [5, 5.41) is 2.05. The highest BCUT2D eigenvalue weighted by Gasteiger charge is 2.18. The van der Waals surface area contributed by atoms with E-state index in [4.69, 9.17) is 43.6 Å². The number of amides is 3. The Balaban J connectivity index is 0.000000353. The second-order valence-corrected chi connectivity index (χ2v) is 17.0. The van der Waals surface area contributed by atoms with Crippen molar-refractivity contribution in [1.82, 2.24) is 5.32 Å². The number of hydrogen-bond acceptors (Lipinski definition) is 15. The van der Waals surface area contributed by atoms with Crippen LogP contribution in [0.1, 0.15) is 71.4 Å². The van der Waals surface area contributed by atoms with E-state index in [1.807, 2.05) is 24.3 Å². The summed E-state index contributed by atoms with van der Waals surface area (Å²) in [6, 6.07) is 47.3. The molecule has 7 rings (SSSR count). The molecule has 81 heavy (non-hydrogen) atoms. The molecule has 0 radical (unpaired) electrons. The minimum Gasteiger partial charge on any atom is -0.497 e. The minimum absolute atomic E-state index is 0. The average Bonchev–Trinajstić information content (AvgIpc) is 3.53. The highest BCUT2D eigenvalue weighted by atomic mass is 16.6. The molecule has 0 aromatic heterocycles. The minimum atomic E-state index is -1.13. The Morgan fingerprint density at radius 3 is 1.14 bits per heavy atom. The van der Waals surface area contributed by atoms with E-state index in [1.54, 1.807) is 168 Å². The fourth-order valence-electron chi connectivity index (χ4n) is 7.47. The maximum atomic E-state index is 12.6. The van der Waals surface area contributed by atoms with Crippen LogP contribution in [0.25, 0.3) is 23.3 Å². The van der Waals surface area contributed by atoms with E-state index in [1.165, 1.54) is 26.4 Å². The third kappa shape index (κ3) is 19.7. The first-order valence-corrected chi connectivity index (χ1v) is 24.4. The van der Waals surface area contributed by atoms with Gasteiger partial charge < -0.3 is 48.4 Å². The number of methoxy groups -OCH3 is 6. The van der Waals surface area contributed by atoms with Gasteiger partial charge in [-0.05, 0) is 143 Å². The molecule has 0 aliphatic rings. The zero-order chi connectivity index (χ0) is 56.7. The number of benzene rings is 7. The van der Waals surface area contributed by atoms with Crippen LogP contribution >= 0.6 is 0 Å². The monoisotopic (exact) mass is 1100 g/mol. The molecule has 7 aromatic carbocycles. The van der Waals surface area contributed by atoms with Gasteiger partial charge in [0.25, 0.3) is 0 Å². The lowest BCUT2D eigenvalue weighted by Gasteiger charge is -2.11. The van der Waals surface area contributed by atoms with Crippen LogP contribution in [-0.4, -0.2) is 78.5 Å². The van der Waals surface area contributed by atoms with Crippen molar-refractivity contribution in [2.45, 2.75) is 40.5 Å². The molecule has 0 aliphatic heterocycles. The normalized spacial score (nSPS) is 10.6. The second kappa shape index (κ2) is 31.9. The molecule has 0 saturated carbocycles. The van der Waals surface area contributed by atoms with Gasteiger partial charge in [0, 0.05) is 25.0 Å². The Labute approximate surface area is 471 Å². The van der Waals surface area contributed by atoms with Gasteiger partial charge in [0.1, 0.15) is 46.0 Å². The van der Waals surface area contributed by atoms with Crippen LogP contribution in [0.4, 0.5) is 4.79 Å². The predicted molar refractivity (Wildman–Crippen MR) is 309 cm³/mol. The molecule has 0 atom stereocenters. The zero-order valence-corrected chi connectivity index (χ0v) is 44.3. The largest absolute Gasteiger partial charge is 0.497 e. The molecule has 0 aliphatic carbocycles. The Bertz CT molecular complexity index is 3240. The van der Waals surface area contributed by atoms with E-state index < -0.39 is 29.9 Å². The molecule has 17 heteroatoms. The number of ether oxygens (including phenoxy) is 9. The number of rotatable bonds is 21. The third-order valence-corrected chi connectivity index (χ3v) is 11.6. The fraction of sp³-hybridized carbons (Fsp3) is 0.188. The Hall–Kier alpha value is -10.2. The van der Waals surface area contributed by atoms with E-state index in [0.717, 1.165) is 16.7 Å². The summed E-state index contributed by atoms with van der Waals surface area (Å²) in [5.74, 6) is 2.03. The van der Waals surface area contributed by atoms with Gasteiger partial charge in [0.2, 0.25) is 11.8 Å². The molecular weight excluding hydrogens is 1040 g/mol. The van der Waals surface area contributed by atoms with Crippen molar-refractivity contribution in [2.75, 3.05) is 42.7 Å². The lowest BCUT2D eigenvalue weighted by atomic mass is 10.0. The van der Waals surface area contributed by atoms with Gasteiger partial charge in [-0.15, -0.1) is 0 Å². The van der Waals surface area contributed by atoms with Crippen molar-refractivity contribution in [3.05, 3.63) is 203 Å². The molecule has 7 aromatic rings. The van der Waals surface area contributed by atoms with Crippen molar-refractivity contribution in [3.8, 4) is 46.0 Å². The predicted octanol–water partition coefficient (Wildman–Crippen LogP) is 12.1. The number of carbonyl (C=O) groups excluding carboxylic acids is 6. The smallest absolute Gasteiger partial charge is 0.421 e. The maximum absolute atomic E-state index is 12.6. The highest BCUT2D eigenvalue weighted by molar-refractivity contribution is 6.22. The van der Waals surface area contributed by atoms with Crippen molar-refractivity contribution < 1.29 is 71.4 Å². The number of carbonyl (C=O) groups is 6. The van der Waals surface area contributed by atoms with Crippen LogP contribution in [0.3, 0.4) is 0 Å². The lowest BCUT2D eigenvalue weighted by Crippen LogP contribution is -2.32. The van der Waals surface area contributed by atoms with E-state index in [0.29, 0.717) is 93.1 Å². The second-order valence-electron chi connectivity index (χ2n) is 17.0. The van der Waals surface area contributed by atoms with Crippen LogP contribution in [-0.2, 0) is 46.2 Å². The highest BCUT2D eigenvalue weighted by Crippen LogP contribution is 2.31. The van der Waals surface area contributed by atoms with Crippen LogP contribution < -0.4 is 39.5 Å². The molecule has 0 spiro atoms. The summed E-state index contributed by atoms with van der Waals surface area (Å²) in [6.45, 7) is 0. The fourth-order valence-corrected chi connectivity index (χ4v) is 7.47. The van der Waals surface area contributed by atoms with Crippen molar-refractivity contribution in [2.24, 2.45) is 5.73 Å². The van der Waals surface area contributed by atoms with Gasteiger partial charge in [-0.25, -0.2) is 19.2 Å². The molecule has 0 saturated heterocycles. The van der Waals surface area contributed by atoms with E-state index >= 15 is 0 Å². The molecule has 0 unspecified atom stereocenters. The Kier molecular flexibility index (Phi) is 25.0. The zero-order valence-electron chi connectivity index (χ0n) is 44.3. The van der Waals surface area contributed by atoms with Gasteiger partial charge in [-0.3, -0.25) is 14.9 Å². The van der Waals surface area contributed by atoms with Crippen LogP contribution in [0, 0.1) is 0 Å². The molecule has 3 N–H and O–H groups in total. The van der Waals surface area contributed by atoms with Gasteiger partial charge in [0.15, 0.2) is 0 Å². The maximum Gasteiger partial charge on any atom is 0.421 e. The number of nitrogens with two attached hydrogens (primary N) is 1. The number of aryl methyl sites for hydroxylation is 2. The van der Waals surface area contributed by atoms with Gasteiger partial charge in [-0.2, -0.15) is 0 Å². The lowest BCUT2D eigenvalue weighted by molar-refractivity contribution is -0.134. The van der Waals surface area contributed by atoms with Crippen molar-refractivity contribution in [1.29, 1.82) is 0 Å². The van der Waals surface area contributed by atoms with Gasteiger partial charge in [-0.1, -0.05) is 81.6 Å². The molecular formula is C64H66N2O15. The first kappa shape index (κ1) is 63.4. The average molecular weight is 1100 g/mol. The summed E-state index contributed by atoms with van der Waals surface area (Å²) in [6.07, 6.45) is 3.54. The first-order valence-electron chi connectivity index (χ1n) is 24.4. The molecule has 0 bridgehead atoms. The van der Waals surface area contributed by atoms with Crippen molar-refractivity contribution >= 4 is 59.1 Å². The third-order valence-electron chi connectivity index (χ3n) is 11.6. The molecule has 0 fully saturated rings.